The highest BCUT2D eigenvalue weighted by Crippen LogP contribution is 2.36. The molecule has 1 unspecified atom stereocenters. The lowest BCUT2D eigenvalue weighted by molar-refractivity contribution is -0.122. The first-order chi connectivity index (χ1) is 14.9. The number of hydrogen-bond acceptors (Lipinski definition) is 8. The summed E-state index contributed by atoms with van der Waals surface area (Å²) in [6.45, 7) is 2.47. The summed E-state index contributed by atoms with van der Waals surface area (Å²) >= 11 is 1.16. The minimum absolute atomic E-state index is 0.0521. The molecular weight excluding hydrogens is 442 g/mol. The minimum atomic E-state index is -3.86. The third-order valence-electron chi connectivity index (χ3n) is 4.76. The molecule has 0 saturated carbocycles. The summed E-state index contributed by atoms with van der Waals surface area (Å²) in [5.41, 5.74) is 1.84. The number of sulfonamides is 1. The van der Waals surface area contributed by atoms with Crippen LogP contribution in [0.3, 0.4) is 0 Å². The van der Waals surface area contributed by atoms with Gasteiger partial charge in [0.15, 0.2) is 22.7 Å². The molecule has 0 radical (unpaired) electrons. The minimum Gasteiger partial charge on any atom is -0.486 e. The van der Waals surface area contributed by atoms with E-state index in [1.165, 1.54) is 12.1 Å². The van der Waals surface area contributed by atoms with Crippen molar-refractivity contribution in [3.63, 3.8) is 0 Å². The average molecular weight is 460 g/mol. The first-order valence-corrected chi connectivity index (χ1v) is 11.8. The predicted molar refractivity (Wildman–Crippen MR) is 115 cm³/mol. The predicted octanol–water partition coefficient (Wildman–Crippen LogP) is 3.10. The van der Waals surface area contributed by atoms with Crippen LogP contribution in [0.2, 0.25) is 0 Å². The largest absolute Gasteiger partial charge is 0.486 e. The third kappa shape index (κ3) is 3.77. The first-order valence-electron chi connectivity index (χ1n) is 9.39. The molecule has 1 aromatic heterocycles. The Bertz CT molecular complexity index is 1290. The number of amides is 1. The van der Waals surface area contributed by atoms with Crippen molar-refractivity contribution in [2.24, 2.45) is 0 Å². The number of fused-ring (bicyclic) bond motifs is 2. The zero-order valence-corrected chi connectivity index (χ0v) is 17.9. The zero-order valence-electron chi connectivity index (χ0n) is 16.2. The summed E-state index contributed by atoms with van der Waals surface area (Å²) in [7, 11) is -3.86. The number of carbonyl (C=O) groups is 1. The van der Waals surface area contributed by atoms with Crippen LogP contribution in [0.4, 0.5) is 10.8 Å². The van der Waals surface area contributed by atoms with Crippen molar-refractivity contribution in [3.8, 4) is 28.5 Å². The van der Waals surface area contributed by atoms with Gasteiger partial charge in [0.25, 0.3) is 15.9 Å². The highest BCUT2D eigenvalue weighted by atomic mass is 32.2. The molecular formula is C20H17N3O6S2. The van der Waals surface area contributed by atoms with Gasteiger partial charge in [-0.1, -0.05) is 0 Å². The number of aromatic nitrogens is 1. The molecule has 2 aliphatic heterocycles. The number of nitrogens with one attached hydrogen (secondary N) is 2. The van der Waals surface area contributed by atoms with E-state index in [1.807, 2.05) is 0 Å². The molecule has 0 aliphatic carbocycles. The Morgan fingerprint density at radius 1 is 1.10 bits per heavy atom. The molecule has 2 N–H and O–H groups in total. The van der Waals surface area contributed by atoms with Gasteiger partial charge in [-0.25, -0.2) is 13.4 Å². The smallest absolute Gasteiger partial charge is 0.265 e. The molecule has 0 saturated heterocycles. The van der Waals surface area contributed by atoms with Crippen molar-refractivity contribution in [2.75, 3.05) is 23.3 Å². The van der Waals surface area contributed by atoms with Gasteiger partial charge >= 0.3 is 0 Å². The molecule has 9 nitrogen and oxygen atoms in total. The van der Waals surface area contributed by atoms with Gasteiger partial charge in [0.2, 0.25) is 0 Å². The number of ether oxygens (including phenoxy) is 3. The van der Waals surface area contributed by atoms with Crippen LogP contribution in [0.25, 0.3) is 11.3 Å². The van der Waals surface area contributed by atoms with Gasteiger partial charge in [0, 0.05) is 17.0 Å². The quantitative estimate of drug-likeness (QED) is 0.616. The third-order valence-corrected chi connectivity index (χ3v) is 6.98. The molecule has 0 bridgehead atoms. The Hall–Kier alpha value is -3.31. The molecule has 5 rings (SSSR count). The number of hydrogen-bond donors (Lipinski definition) is 2. The number of rotatable bonds is 4. The number of anilines is 2. The van der Waals surface area contributed by atoms with Gasteiger partial charge < -0.3 is 19.5 Å². The molecule has 0 fully saturated rings. The fourth-order valence-electron chi connectivity index (χ4n) is 3.19. The van der Waals surface area contributed by atoms with Gasteiger partial charge in [0.1, 0.15) is 19.0 Å². The standard InChI is InChI=1S/C20H17N3O6S2/c1-11-19(24)21-14-8-12(2-4-16(14)29-11)15-10-30-20(22-15)23-31(25,26)13-3-5-17-18(9-13)28-7-6-27-17/h2-5,8-11H,6-7H2,1H3,(H,21,24)(H,22,23). The Morgan fingerprint density at radius 2 is 1.87 bits per heavy atom. The van der Waals surface area contributed by atoms with Gasteiger partial charge in [-0.3, -0.25) is 9.52 Å². The topological polar surface area (TPSA) is 116 Å². The summed E-state index contributed by atoms with van der Waals surface area (Å²) in [6, 6.07) is 9.75. The Kier molecular flexibility index (Phi) is 4.71. The lowest BCUT2D eigenvalue weighted by Crippen LogP contribution is -2.34. The van der Waals surface area contributed by atoms with E-state index in [4.69, 9.17) is 14.2 Å². The Balaban J connectivity index is 1.38. The summed E-state index contributed by atoms with van der Waals surface area (Å²) < 4.78 is 44.5. The average Bonchev–Trinajstić information content (AvgIpc) is 3.21. The van der Waals surface area contributed by atoms with Crippen LogP contribution in [0.5, 0.6) is 17.2 Å². The molecule has 160 valence electrons. The first kappa shape index (κ1) is 19.6. The highest BCUT2D eigenvalue weighted by Gasteiger charge is 2.24. The van der Waals surface area contributed by atoms with Crippen molar-refractivity contribution in [1.82, 2.24) is 4.98 Å². The second kappa shape index (κ2) is 7.43. The maximum atomic E-state index is 12.8. The fraction of sp³-hybridized carbons (Fsp3) is 0.200. The fourth-order valence-corrected chi connectivity index (χ4v) is 5.17. The van der Waals surface area contributed by atoms with E-state index in [2.05, 4.69) is 15.0 Å². The van der Waals surface area contributed by atoms with E-state index < -0.39 is 16.1 Å². The number of nitrogens with zero attached hydrogens (tertiary/aromatic N) is 1. The number of thiazole rings is 1. The van der Waals surface area contributed by atoms with Crippen LogP contribution in [0.1, 0.15) is 6.92 Å². The molecule has 0 spiro atoms. The van der Waals surface area contributed by atoms with Gasteiger partial charge in [-0.05, 0) is 37.3 Å². The molecule has 11 heteroatoms. The molecule has 2 aliphatic rings. The lowest BCUT2D eigenvalue weighted by atomic mass is 10.1. The summed E-state index contributed by atoms with van der Waals surface area (Å²) in [5.74, 6) is 1.25. The van der Waals surface area contributed by atoms with E-state index in [-0.39, 0.29) is 15.9 Å². The van der Waals surface area contributed by atoms with E-state index in [0.29, 0.717) is 41.8 Å². The van der Waals surface area contributed by atoms with Crippen LogP contribution in [-0.2, 0) is 14.8 Å². The maximum Gasteiger partial charge on any atom is 0.265 e. The molecule has 1 amide bonds. The second-order valence-corrected chi connectivity index (χ2v) is 9.45. The van der Waals surface area contributed by atoms with Crippen molar-refractivity contribution in [2.45, 2.75) is 17.9 Å². The van der Waals surface area contributed by atoms with Gasteiger partial charge in [-0.2, -0.15) is 0 Å². The molecule has 2 aromatic carbocycles. The number of carbonyl (C=O) groups excluding carboxylic acids is 1. The van der Waals surface area contributed by atoms with Crippen molar-refractivity contribution in [3.05, 3.63) is 41.8 Å². The van der Waals surface area contributed by atoms with Crippen LogP contribution in [0, 0.1) is 0 Å². The van der Waals surface area contributed by atoms with Crippen molar-refractivity contribution >= 4 is 38.1 Å². The summed E-state index contributed by atoms with van der Waals surface area (Å²) in [4.78, 5) is 16.3. The maximum absolute atomic E-state index is 12.8. The van der Waals surface area contributed by atoms with E-state index >= 15 is 0 Å². The van der Waals surface area contributed by atoms with Gasteiger partial charge in [0.05, 0.1) is 16.3 Å². The SMILES string of the molecule is CC1Oc2ccc(-c3csc(NS(=O)(=O)c4ccc5c(c4)OCCO5)n3)cc2NC1=O. The Morgan fingerprint density at radius 3 is 2.71 bits per heavy atom. The normalized spacial score (nSPS) is 17.3. The van der Waals surface area contributed by atoms with Crippen LogP contribution < -0.4 is 24.2 Å². The second-order valence-electron chi connectivity index (χ2n) is 6.91. The van der Waals surface area contributed by atoms with E-state index in [1.54, 1.807) is 36.6 Å². The highest BCUT2D eigenvalue weighted by molar-refractivity contribution is 7.93. The van der Waals surface area contributed by atoms with E-state index in [9.17, 15) is 13.2 Å². The van der Waals surface area contributed by atoms with Crippen molar-refractivity contribution in [1.29, 1.82) is 0 Å². The molecule has 31 heavy (non-hydrogen) atoms. The summed E-state index contributed by atoms with van der Waals surface area (Å²) in [5, 5.41) is 4.74. The summed E-state index contributed by atoms with van der Waals surface area (Å²) in [6.07, 6.45) is -0.556. The molecule has 1 atom stereocenters. The lowest BCUT2D eigenvalue weighted by Gasteiger charge is -2.23. The number of benzene rings is 2. The van der Waals surface area contributed by atoms with Crippen LogP contribution in [-0.4, -0.2) is 38.6 Å². The van der Waals surface area contributed by atoms with Gasteiger partial charge in [-0.15, -0.1) is 11.3 Å². The van der Waals surface area contributed by atoms with Crippen LogP contribution in [0.15, 0.2) is 46.7 Å². The molecule has 3 aromatic rings. The van der Waals surface area contributed by atoms with E-state index in [0.717, 1.165) is 16.9 Å². The Labute approximate surface area is 182 Å². The zero-order chi connectivity index (χ0) is 21.6. The van der Waals surface area contributed by atoms with Crippen molar-refractivity contribution < 1.29 is 27.4 Å². The molecule has 3 heterocycles. The van der Waals surface area contributed by atoms with Crippen LogP contribution >= 0.6 is 11.3 Å². The monoisotopic (exact) mass is 459 g/mol.